The van der Waals surface area contributed by atoms with Gasteiger partial charge >= 0.3 is 0 Å². The second kappa shape index (κ2) is 10.2. The van der Waals surface area contributed by atoms with E-state index in [4.69, 9.17) is 0 Å². The molecule has 0 unspecified atom stereocenters. The van der Waals surface area contributed by atoms with Gasteiger partial charge < -0.3 is 25.2 Å². The van der Waals surface area contributed by atoms with E-state index in [9.17, 15) is 14.3 Å². The maximum absolute atomic E-state index is 13.5. The fraction of sp³-hybridized carbons (Fsp3) is 0.467. The van der Waals surface area contributed by atoms with E-state index >= 15 is 0 Å². The molecule has 3 aliphatic heterocycles. The number of carbonyl (C=O) groups is 1. The Balaban J connectivity index is 1.00. The Morgan fingerprint density at radius 2 is 1.95 bits per heavy atom. The summed E-state index contributed by atoms with van der Waals surface area (Å²) in [5.41, 5.74) is 5.21. The molecule has 0 aliphatic carbocycles. The highest BCUT2D eigenvalue weighted by atomic mass is 19.1. The summed E-state index contributed by atoms with van der Waals surface area (Å²) in [6.45, 7) is 4.88. The third kappa shape index (κ3) is 4.71. The molecule has 1 amide bonds. The Kier molecular flexibility index (Phi) is 6.70. The molecule has 3 aliphatic rings. The first kappa shape index (κ1) is 25.1. The topological polar surface area (TPSA) is 84.0 Å². The van der Waals surface area contributed by atoms with Crippen molar-refractivity contribution in [2.24, 2.45) is 10.9 Å². The summed E-state index contributed by atoms with van der Waals surface area (Å²) in [6, 6.07) is 12.8. The number of piperidine rings is 2. The number of benzene rings is 2. The molecule has 3 aromatic rings. The Morgan fingerprint density at radius 3 is 2.71 bits per heavy atom. The predicted molar refractivity (Wildman–Crippen MR) is 149 cm³/mol. The van der Waals surface area contributed by atoms with E-state index in [1.54, 1.807) is 19.2 Å². The van der Waals surface area contributed by atoms with E-state index in [0.29, 0.717) is 30.7 Å². The summed E-state index contributed by atoms with van der Waals surface area (Å²) in [5, 5.41) is 15.4. The summed E-state index contributed by atoms with van der Waals surface area (Å²) < 4.78 is 13.5. The number of fused-ring (bicyclic) bond motifs is 3. The van der Waals surface area contributed by atoms with Crippen LogP contribution in [0.3, 0.4) is 0 Å². The SMILES string of the molecule is CN=Cc1ccc2c(c1)NCC21CCN(C[C@H](O)C2CCN(C(=O)c3cc4cc(F)ccc4[nH]3)CC2)CC1. The van der Waals surface area contributed by atoms with Crippen molar-refractivity contribution in [3.05, 3.63) is 65.1 Å². The van der Waals surface area contributed by atoms with Crippen molar-refractivity contribution in [1.29, 1.82) is 0 Å². The van der Waals surface area contributed by atoms with Gasteiger partial charge in [0.15, 0.2) is 0 Å². The molecule has 4 heterocycles. The lowest BCUT2D eigenvalue weighted by molar-refractivity contribution is 0.0203. The molecule has 1 spiro atoms. The smallest absolute Gasteiger partial charge is 0.270 e. The van der Waals surface area contributed by atoms with Crippen LogP contribution in [0.25, 0.3) is 10.9 Å². The van der Waals surface area contributed by atoms with E-state index in [2.05, 4.69) is 38.4 Å². The lowest BCUT2D eigenvalue weighted by Gasteiger charge is -2.41. The normalized spacial score (nSPS) is 20.8. The quantitative estimate of drug-likeness (QED) is 0.447. The number of hydrogen-bond acceptors (Lipinski definition) is 5. The summed E-state index contributed by atoms with van der Waals surface area (Å²) in [5.74, 6) is -0.176. The Labute approximate surface area is 222 Å². The molecule has 6 rings (SSSR count). The Bertz CT molecular complexity index is 1350. The minimum atomic E-state index is -0.387. The summed E-state index contributed by atoms with van der Waals surface area (Å²) in [4.78, 5) is 24.5. The number of hydrogen-bond donors (Lipinski definition) is 3. The number of aliphatic imine (C=N–C) groups is 1. The number of aromatic nitrogens is 1. The van der Waals surface area contributed by atoms with E-state index in [1.165, 1.54) is 23.4 Å². The number of aromatic amines is 1. The van der Waals surface area contributed by atoms with Crippen LogP contribution < -0.4 is 5.32 Å². The van der Waals surface area contributed by atoms with Crippen LogP contribution in [0.2, 0.25) is 0 Å². The minimum Gasteiger partial charge on any atom is -0.392 e. The molecule has 2 aromatic carbocycles. The lowest BCUT2D eigenvalue weighted by atomic mass is 9.74. The van der Waals surface area contributed by atoms with E-state index in [1.807, 2.05) is 11.1 Å². The maximum atomic E-state index is 13.5. The van der Waals surface area contributed by atoms with Crippen LogP contribution in [0.15, 0.2) is 47.5 Å². The molecule has 2 fully saturated rings. The van der Waals surface area contributed by atoms with Crippen molar-refractivity contribution in [1.82, 2.24) is 14.8 Å². The van der Waals surface area contributed by atoms with Crippen molar-refractivity contribution in [3.63, 3.8) is 0 Å². The van der Waals surface area contributed by atoms with Crippen LogP contribution in [-0.4, -0.2) is 84.4 Å². The molecule has 0 bridgehead atoms. The number of rotatable bonds is 5. The van der Waals surface area contributed by atoms with Gasteiger partial charge in [-0.15, -0.1) is 0 Å². The molecule has 2 saturated heterocycles. The molecular formula is C30H36FN5O2. The van der Waals surface area contributed by atoms with Crippen LogP contribution in [0, 0.1) is 11.7 Å². The fourth-order valence-electron chi connectivity index (χ4n) is 6.66. The van der Waals surface area contributed by atoms with Gasteiger partial charge in [-0.2, -0.15) is 0 Å². The van der Waals surface area contributed by atoms with Crippen LogP contribution in [0.4, 0.5) is 10.1 Å². The number of amides is 1. The number of likely N-dealkylation sites (tertiary alicyclic amines) is 2. The molecule has 0 radical (unpaired) electrons. The monoisotopic (exact) mass is 517 g/mol. The first-order valence-electron chi connectivity index (χ1n) is 13.7. The molecule has 38 heavy (non-hydrogen) atoms. The zero-order valence-electron chi connectivity index (χ0n) is 21.9. The zero-order valence-corrected chi connectivity index (χ0v) is 21.9. The summed E-state index contributed by atoms with van der Waals surface area (Å²) in [7, 11) is 1.80. The number of β-amino-alcohol motifs (C(OH)–C–C–N with tert-alkyl or cyclic N) is 1. The molecule has 1 atom stereocenters. The van der Waals surface area contributed by atoms with Gasteiger partial charge in [0.1, 0.15) is 11.5 Å². The Hall–Kier alpha value is -3.23. The summed E-state index contributed by atoms with van der Waals surface area (Å²) >= 11 is 0. The molecular weight excluding hydrogens is 481 g/mol. The molecule has 3 N–H and O–H groups in total. The van der Waals surface area contributed by atoms with E-state index in [0.717, 1.165) is 56.4 Å². The van der Waals surface area contributed by atoms with Gasteiger partial charge in [0.2, 0.25) is 0 Å². The molecule has 0 saturated carbocycles. The maximum Gasteiger partial charge on any atom is 0.270 e. The van der Waals surface area contributed by atoms with Crippen molar-refractivity contribution in [3.8, 4) is 0 Å². The van der Waals surface area contributed by atoms with Gasteiger partial charge in [0.05, 0.1) is 6.10 Å². The van der Waals surface area contributed by atoms with Gasteiger partial charge in [-0.25, -0.2) is 4.39 Å². The van der Waals surface area contributed by atoms with E-state index in [-0.39, 0.29) is 29.2 Å². The third-order valence-corrected chi connectivity index (χ3v) is 8.95. The number of halogens is 1. The van der Waals surface area contributed by atoms with Crippen LogP contribution in [0.5, 0.6) is 0 Å². The van der Waals surface area contributed by atoms with Gasteiger partial charge in [-0.05, 0) is 86.1 Å². The number of aliphatic hydroxyl groups excluding tert-OH is 1. The number of anilines is 1. The van der Waals surface area contributed by atoms with Crippen molar-refractivity contribution >= 4 is 28.7 Å². The van der Waals surface area contributed by atoms with Crippen molar-refractivity contribution in [2.75, 3.05) is 51.6 Å². The standard InChI is InChI=1S/C30H36FN5O2/c1-32-17-20-2-4-24-26(14-20)33-19-30(24)8-12-35(13-9-30)18-28(37)21-6-10-36(11-7-21)29(38)27-16-22-15-23(31)3-5-25(22)34-27/h2-5,14-17,21,28,33-34,37H,6-13,18-19H2,1H3/t28-/m0/s1. The highest BCUT2D eigenvalue weighted by Crippen LogP contribution is 2.44. The average molecular weight is 518 g/mol. The van der Waals surface area contributed by atoms with Gasteiger partial charge in [0, 0.05) is 61.4 Å². The zero-order chi connectivity index (χ0) is 26.3. The second-order valence-corrected chi connectivity index (χ2v) is 11.2. The van der Waals surface area contributed by atoms with Crippen molar-refractivity contribution < 1.29 is 14.3 Å². The van der Waals surface area contributed by atoms with E-state index < -0.39 is 0 Å². The minimum absolute atomic E-state index is 0.0598. The Morgan fingerprint density at radius 1 is 1.16 bits per heavy atom. The number of H-pyrrole nitrogens is 1. The summed E-state index contributed by atoms with van der Waals surface area (Å²) in [6.07, 6.45) is 5.26. The van der Waals surface area contributed by atoms with Crippen LogP contribution in [-0.2, 0) is 5.41 Å². The van der Waals surface area contributed by atoms with Gasteiger partial charge in [-0.1, -0.05) is 12.1 Å². The number of aliphatic hydroxyl groups is 1. The van der Waals surface area contributed by atoms with Gasteiger partial charge in [0.25, 0.3) is 5.91 Å². The number of carbonyl (C=O) groups excluding carboxylic acids is 1. The largest absolute Gasteiger partial charge is 0.392 e. The second-order valence-electron chi connectivity index (χ2n) is 11.2. The highest BCUT2D eigenvalue weighted by Gasteiger charge is 2.42. The predicted octanol–water partition coefficient (Wildman–Crippen LogP) is 4.03. The number of nitrogens with one attached hydrogen (secondary N) is 2. The molecule has 7 nitrogen and oxygen atoms in total. The number of nitrogens with zero attached hydrogens (tertiary/aromatic N) is 3. The molecule has 1 aromatic heterocycles. The lowest BCUT2D eigenvalue weighted by Crippen LogP contribution is -2.48. The first-order chi connectivity index (χ1) is 18.4. The average Bonchev–Trinajstić information content (AvgIpc) is 3.51. The third-order valence-electron chi connectivity index (χ3n) is 8.95. The first-order valence-corrected chi connectivity index (χ1v) is 13.7. The van der Waals surface area contributed by atoms with Crippen LogP contribution in [0.1, 0.15) is 47.3 Å². The van der Waals surface area contributed by atoms with Gasteiger partial charge in [-0.3, -0.25) is 9.79 Å². The van der Waals surface area contributed by atoms with Crippen LogP contribution >= 0.6 is 0 Å². The fourth-order valence-corrected chi connectivity index (χ4v) is 6.66. The molecule has 200 valence electrons. The highest BCUT2D eigenvalue weighted by molar-refractivity contribution is 5.98. The molecule has 8 heteroatoms. The van der Waals surface area contributed by atoms with Crippen molar-refractivity contribution in [2.45, 2.75) is 37.2 Å².